The number of hydrogen-bond donors (Lipinski definition) is 2. The Morgan fingerprint density at radius 1 is 1.30 bits per heavy atom. The summed E-state index contributed by atoms with van der Waals surface area (Å²) in [5.74, 6) is 1.22. The first kappa shape index (κ1) is 19.9. The molecule has 0 amide bonds. The Bertz CT molecular complexity index is 1080. The van der Waals surface area contributed by atoms with E-state index in [1.165, 1.54) is 5.69 Å². The second kappa shape index (κ2) is 8.53. The zero-order chi connectivity index (χ0) is 21.1. The lowest BCUT2D eigenvalue weighted by Gasteiger charge is -2.14. The van der Waals surface area contributed by atoms with Crippen molar-refractivity contribution in [3.63, 3.8) is 0 Å². The van der Waals surface area contributed by atoms with Crippen LogP contribution in [-0.2, 0) is 13.5 Å². The summed E-state index contributed by atoms with van der Waals surface area (Å²) < 4.78 is 2.16. The van der Waals surface area contributed by atoms with Gasteiger partial charge >= 0.3 is 0 Å². The van der Waals surface area contributed by atoms with E-state index >= 15 is 0 Å². The summed E-state index contributed by atoms with van der Waals surface area (Å²) >= 11 is 0. The van der Waals surface area contributed by atoms with Crippen LogP contribution in [0.15, 0.2) is 63.9 Å². The van der Waals surface area contributed by atoms with Gasteiger partial charge in [0.2, 0.25) is 0 Å². The number of imidazole rings is 1. The Hall–Kier alpha value is -3.41. The molecule has 0 saturated carbocycles. The van der Waals surface area contributed by atoms with Crippen molar-refractivity contribution in [3.8, 4) is 11.4 Å². The molecule has 1 aromatic heterocycles. The van der Waals surface area contributed by atoms with Crippen molar-refractivity contribution < 1.29 is 0 Å². The van der Waals surface area contributed by atoms with Crippen LogP contribution in [0.4, 0.5) is 11.4 Å². The molecule has 0 bridgehead atoms. The molecule has 4 rings (SSSR count). The van der Waals surface area contributed by atoms with Gasteiger partial charge in [-0.3, -0.25) is 9.98 Å². The van der Waals surface area contributed by atoms with Crippen molar-refractivity contribution >= 4 is 24.3 Å². The molecule has 0 saturated heterocycles. The molecule has 2 aliphatic rings. The third kappa shape index (κ3) is 3.85. The average molecular weight is 401 g/mol. The van der Waals surface area contributed by atoms with E-state index in [9.17, 15) is 0 Å². The SMILES string of the molecule is C=Nc1cc(-c2nc(C)c(CC)n2C)ccc1NCC1C=CC2=C(C=C1)NCC=N2. The fourth-order valence-corrected chi connectivity index (χ4v) is 3.97. The van der Waals surface area contributed by atoms with E-state index in [4.69, 9.17) is 4.98 Å². The fraction of sp³-hybridized carbons (Fsp3) is 0.292. The van der Waals surface area contributed by atoms with Crippen LogP contribution in [-0.4, -0.2) is 35.6 Å². The molecule has 2 heterocycles. The summed E-state index contributed by atoms with van der Waals surface area (Å²) in [6.07, 6.45) is 11.4. The van der Waals surface area contributed by atoms with Crippen LogP contribution in [0.2, 0.25) is 0 Å². The maximum absolute atomic E-state index is 4.76. The van der Waals surface area contributed by atoms with Crippen molar-refractivity contribution in [1.29, 1.82) is 0 Å². The summed E-state index contributed by atoms with van der Waals surface area (Å²) in [4.78, 5) is 13.5. The van der Waals surface area contributed by atoms with Crippen LogP contribution >= 0.6 is 0 Å². The molecule has 1 aliphatic carbocycles. The molecule has 0 radical (unpaired) electrons. The van der Waals surface area contributed by atoms with Gasteiger partial charge in [0, 0.05) is 37.0 Å². The van der Waals surface area contributed by atoms with Gasteiger partial charge in [-0.15, -0.1) is 0 Å². The summed E-state index contributed by atoms with van der Waals surface area (Å²) in [5.41, 5.74) is 7.23. The number of hydrogen-bond acceptors (Lipinski definition) is 5. The van der Waals surface area contributed by atoms with Crippen LogP contribution in [0.25, 0.3) is 11.4 Å². The van der Waals surface area contributed by atoms with Gasteiger partial charge in [0.1, 0.15) is 5.82 Å². The van der Waals surface area contributed by atoms with Crippen molar-refractivity contribution in [1.82, 2.24) is 14.9 Å². The maximum atomic E-state index is 4.76. The third-order valence-corrected chi connectivity index (χ3v) is 5.60. The second-order valence-electron chi connectivity index (χ2n) is 7.52. The van der Waals surface area contributed by atoms with Gasteiger partial charge in [-0.2, -0.15) is 0 Å². The first-order chi connectivity index (χ1) is 14.6. The number of anilines is 1. The Labute approximate surface area is 177 Å². The highest BCUT2D eigenvalue weighted by atomic mass is 15.1. The number of nitrogens with zero attached hydrogens (tertiary/aromatic N) is 4. The van der Waals surface area contributed by atoms with Gasteiger partial charge in [-0.05, 0) is 50.4 Å². The molecular weight excluding hydrogens is 372 g/mol. The van der Waals surface area contributed by atoms with Gasteiger partial charge < -0.3 is 15.2 Å². The summed E-state index contributed by atoms with van der Waals surface area (Å²) in [5, 5.41) is 6.87. The third-order valence-electron chi connectivity index (χ3n) is 5.60. The molecule has 0 fully saturated rings. The van der Waals surface area contributed by atoms with Crippen LogP contribution in [0.3, 0.4) is 0 Å². The fourth-order valence-electron chi connectivity index (χ4n) is 3.97. The van der Waals surface area contributed by atoms with Crippen LogP contribution in [0, 0.1) is 12.8 Å². The van der Waals surface area contributed by atoms with Gasteiger partial charge in [0.25, 0.3) is 0 Å². The van der Waals surface area contributed by atoms with Crippen molar-refractivity contribution in [3.05, 3.63) is 65.3 Å². The molecule has 6 heteroatoms. The molecule has 0 spiro atoms. The standard InChI is InChI=1S/C24H28N6/c1-5-23-16(2)29-24(30(23)4)18-8-11-21(22(14-18)25-3)28-15-17-6-9-19-20(10-7-17)27-13-12-26-19/h6-12,14,17,27-28H,3,5,13,15H2,1-2,4H3. The molecule has 6 nitrogen and oxygen atoms in total. The molecule has 1 aliphatic heterocycles. The van der Waals surface area contributed by atoms with Crippen LogP contribution in [0.5, 0.6) is 0 Å². The quantitative estimate of drug-likeness (QED) is 0.709. The highest BCUT2D eigenvalue weighted by Crippen LogP contribution is 2.31. The van der Waals surface area contributed by atoms with Gasteiger partial charge in [-0.1, -0.05) is 19.1 Å². The Kier molecular flexibility index (Phi) is 5.65. The molecule has 1 aromatic carbocycles. The van der Waals surface area contributed by atoms with E-state index in [0.717, 1.165) is 59.4 Å². The number of allylic oxidation sites excluding steroid dienone is 2. The Morgan fingerprint density at radius 3 is 2.90 bits per heavy atom. The highest BCUT2D eigenvalue weighted by molar-refractivity contribution is 5.75. The largest absolute Gasteiger partial charge is 0.382 e. The van der Waals surface area contributed by atoms with E-state index in [2.05, 4.69) is 89.2 Å². The van der Waals surface area contributed by atoms with E-state index in [-0.39, 0.29) is 5.92 Å². The molecule has 30 heavy (non-hydrogen) atoms. The van der Waals surface area contributed by atoms with Gasteiger partial charge in [0.05, 0.1) is 35.0 Å². The van der Waals surface area contributed by atoms with E-state index in [0.29, 0.717) is 0 Å². The van der Waals surface area contributed by atoms with Crippen molar-refractivity contribution in [2.45, 2.75) is 20.3 Å². The summed E-state index contributed by atoms with van der Waals surface area (Å²) in [7, 11) is 2.07. The number of rotatable bonds is 6. The first-order valence-corrected chi connectivity index (χ1v) is 10.3. The first-order valence-electron chi connectivity index (χ1n) is 10.3. The predicted octanol–water partition coefficient (Wildman–Crippen LogP) is 4.33. The minimum atomic E-state index is 0.259. The Morgan fingerprint density at radius 2 is 2.13 bits per heavy atom. The number of aromatic nitrogens is 2. The minimum absolute atomic E-state index is 0.259. The predicted molar refractivity (Wildman–Crippen MR) is 126 cm³/mol. The molecular formula is C24H28N6. The van der Waals surface area contributed by atoms with Gasteiger partial charge in [-0.25, -0.2) is 4.98 Å². The molecule has 1 atom stereocenters. The highest BCUT2D eigenvalue weighted by Gasteiger charge is 2.14. The topological polar surface area (TPSA) is 66.6 Å². The van der Waals surface area contributed by atoms with E-state index < -0.39 is 0 Å². The lowest BCUT2D eigenvalue weighted by atomic mass is 10.1. The summed E-state index contributed by atoms with van der Waals surface area (Å²) in [6, 6.07) is 6.21. The number of nitrogens with one attached hydrogen (secondary N) is 2. The van der Waals surface area contributed by atoms with Crippen molar-refractivity contribution in [2.24, 2.45) is 23.0 Å². The van der Waals surface area contributed by atoms with Crippen molar-refractivity contribution in [2.75, 3.05) is 18.4 Å². The van der Waals surface area contributed by atoms with Gasteiger partial charge in [0.15, 0.2) is 0 Å². The number of aliphatic imine (C=N–C) groups is 2. The summed E-state index contributed by atoms with van der Waals surface area (Å²) in [6.45, 7) is 9.53. The molecule has 154 valence electrons. The molecule has 2 N–H and O–H groups in total. The average Bonchev–Trinajstić information content (AvgIpc) is 2.93. The number of benzene rings is 1. The smallest absolute Gasteiger partial charge is 0.140 e. The minimum Gasteiger partial charge on any atom is -0.382 e. The van der Waals surface area contributed by atoms with E-state index in [1.807, 2.05) is 12.3 Å². The Balaban J connectivity index is 1.51. The monoisotopic (exact) mass is 400 g/mol. The normalized spacial score (nSPS) is 17.5. The number of aryl methyl sites for hydroxylation is 1. The lowest BCUT2D eigenvalue weighted by molar-refractivity contribution is 0.836. The molecule has 1 unspecified atom stereocenters. The second-order valence-corrected chi connectivity index (χ2v) is 7.52. The zero-order valence-corrected chi connectivity index (χ0v) is 17.8. The maximum Gasteiger partial charge on any atom is 0.140 e. The zero-order valence-electron chi connectivity index (χ0n) is 17.8. The van der Waals surface area contributed by atoms with E-state index in [1.54, 1.807) is 0 Å². The van der Waals surface area contributed by atoms with Crippen LogP contribution < -0.4 is 10.6 Å². The lowest BCUT2D eigenvalue weighted by Crippen LogP contribution is -2.19. The van der Waals surface area contributed by atoms with Crippen LogP contribution in [0.1, 0.15) is 18.3 Å². The molecule has 2 aromatic rings.